The fourth-order valence-corrected chi connectivity index (χ4v) is 1.31. The lowest BCUT2D eigenvalue weighted by molar-refractivity contribution is -0.118. The predicted octanol–water partition coefficient (Wildman–Crippen LogP) is -0.144. The molecule has 1 aromatic rings. The fourth-order valence-electron chi connectivity index (χ4n) is 1.31. The molecule has 1 unspecified atom stereocenters. The van der Waals surface area contributed by atoms with Crippen LogP contribution in [0.1, 0.15) is 23.7 Å². The molecular weight excluding hydrogens is 208 g/mol. The number of nitrogens with one attached hydrogen (secondary N) is 1. The minimum Gasteiger partial charge on any atom is -0.370 e. The molecule has 6 nitrogen and oxygen atoms in total. The maximum atomic E-state index is 11.1. The summed E-state index contributed by atoms with van der Waals surface area (Å²) in [5, 5.41) is 2.91. The number of nitrogens with two attached hydrogens (primary N) is 2. The van der Waals surface area contributed by atoms with Gasteiger partial charge < -0.3 is 16.8 Å². The summed E-state index contributed by atoms with van der Waals surface area (Å²) in [5.74, 6) is -0.623. The minimum absolute atomic E-state index is 0.161. The first-order valence-electron chi connectivity index (χ1n) is 4.80. The number of carbonyl (C=O) groups is 2. The minimum atomic E-state index is -0.568. The van der Waals surface area contributed by atoms with Crippen LogP contribution in [0.15, 0.2) is 18.3 Å². The van der Waals surface area contributed by atoms with Gasteiger partial charge >= 0.3 is 0 Å². The fraction of sp³-hybridized carbons (Fsp3) is 0.300. The molecule has 1 heterocycles. The number of amides is 2. The highest BCUT2D eigenvalue weighted by Gasteiger charge is 2.12. The third-order valence-electron chi connectivity index (χ3n) is 1.96. The van der Waals surface area contributed by atoms with E-state index in [9.17, 15) is 9.59 Å². The highest BCUT2D eigenvalue weighted by Crippen LogP contribution is 2.12. The molecular formula is C10H14N4O2. The average Bonchev–Trinajstić information content (AvgIpc) is 2.16. The van der Waals surface area contributed by atoms with Crippen molar-refractivity contribution in [3.8, 4) is 0 Å². The first-order valence-corrected chi connectivity index (χ1v) is 4.80. The van der Waals surface area contributed by atoms with Crippen molar-refractivity contribution in [1.82, 2.24) is 4.98 Å². The van der Waals surface area contributed by atoms with Gasteiger partial charge in [-0.05, 0) is 19.1 Å². The van der Waals surface area contributed by atoms with Crippen LogP contribution in [0.3, 0.4) is 0 Å². The van der Waals surface area contributed by atoms with E-state index in [2.05, 4.69) is 10.3 Å². The Kier molecular flexibility index (Phi) is 3.82. The Morgan fingerprint density at radius 3 is 2.75 bits per heavy atom. The number of primary amides is 2. The quantitative estimate of drug-likeness (QED) is 0.643. The summed E-state index contributed by atoms with van der Waals surface area (Å²) in [6, 6.07) is 2.98. The first-order chi connectivity index (χ1) is 7.50. The van der Waals surface area contributed by atoms with Crippen molar-refractivity contribution in [3.05, 3.63) is 23.9 Å². The van der Waals surface area contributed by atoms with Gasteiger partial charge in [-0.3, -0.25) is 9.59 Å². The summed E-state index contributed by atoms with van der Waals surface area (Å²) >= 11 is 0. The highest BCUT2D eigenvalue weighted by molar-refractivity contribution is 5.97. The van der Waals surface area contributed by atoms with Crippen molar-refractivity contribution >= 4 is 17.6 Å². The summed E-state index contributed by atoms with van der Waals surface area (Å²) in [6.45, 7) is 1.77. The standard InChI is InChI=1S/C10H14N4O2/c1-6(5-8(11)15)14-10-7(9(12)16)3-2-4-13-10/h2-4,6H,5H2,1H3,(H2,11,15)(H2,12,16)(H,13,14). The van der Waals surface area contributed by atoms with Crippen LogP contribution in [0.25, 0.3) is 0 Å². The van der Waals surface area contributed by atoms with E-state index in [0.717, 1.165) is 0 Å². The van der Waals surface area contributed by atoms with E-state index in [0.29, 0.717) is 11.4 Å². The maximum Gasteiger partial charge on any atom is 0.252 e. The maximum absolute atomic E-state index is 11.1. The van der Waals surface area contributed by atoms with Gasteiger partial charge in [0.1, 0.15) is 5.82 Å². The Morgan fingerprint density at radius 2 is 2.19 bits per heavy atom. The van der Waals surface area contributed by atoms with Gasteiger partial charge in [-0.2, -0.15) is 0 Å². The monoisotopic (exact) mass is 222 g/mol. The van der Waals surface area contributed by atoms with Gasteiger partial charge in [0.2, 0.25) is 5.91 Å². The van der Waals surface area contributed by atoms with Crippen molar-refractivity contribution in [2.75, 3.05) is 5.32 Å². The number of carbonyl (C=O) groups excluding carboxylic acids is 2. The van der Waals surface area contributed by atoms with Crippen LogP contribution in [0.5, 0.6) is 0 Å². The Bertz CT molecular complexity index is 406. The smallest absolute Gasteiger partial charge is 0.252 e. The molecule has 0 bridgehead atoms. The molecule has 0 spiro atoms. The van der Waals surface area contributed by atoms with Gasteiger partial charge in [0, 0.05) is 18.7 Å². The Labute approximate surface area is 93.0 Å². The lowest BCUT2D eigenvalue weighted by Crippen LogP contribution is -2.26. The first kappa shape index (κ1) is 12.0. The number of hydrogen-bond donors (Lipinski definition) is 3. The van der Waals surface area contributed by atoms with E-state index in [-0.39, 0.29) is 12.5 Å². The zero-order valence-electron chi connectivity index (χ0n) is 8.93. The number of pyridine rings is 1. The van der Waals surface area contributed by atoms with Crippen molar-refractivity contribution in [2.45, 2.75) is 19.4 Å². The van der Waals surface area contributed by atoms with Crippen LogP contribution >= 0.6 is 0 Å². The third kappa shape index (κ3) is 3.23. The second-order valence-electron chi connectivity index (χ2n) is 3.48. The van der Waals surface area contributed by atoms with Crippen LogP contribution in [0.2, 0.25) is 0 Å². The molecule has 86 valence electrons. The zero-order valence-corrected chi connectivity index (χ0v) is 8.93. The molecule has 0 saturated heterocycles. The van der Waals surface area contributed by atoms with E-state index < -0.39 is 11.8 Å². The van der Waals surface area contributed by atoms with Crippen molar-refractivity contribution in [2.24, 2.45) is 11.5 Å². The van der Waals surface area contributed by atoms with E-state index in [1.54, 1.807) is 19.1 Å². The summed E-state index contributed by atoms with van der Waals surface area (Å²) < 4.78 is 0. The summed E-state index contributed by atoms with van der Waals surface area (Å²) in [4.78, 5) is 25.7. The molecule has 16 heavy (non-hydrogen) atoms. The second-order valence-corrected chi connectivity index (χ2v) is 3.48. The lowest BCUT2D eigenvalue weighted by atomic mass is 10.2. The van der Waals surface area contributed by atoms with Gasteiger partial charge in [0.25, 0.3) is 5.91 Å². The molecule has 1 rings (SSSR count). The zero-order chi connectivity index (χ0) is 12.1. The van der Waals surface area contributed by atoms with E-state index >= 15 is 0 Å². The molecule has 0 aromatic carbocycles. The van der Waals surface area contributed by atoms with E-state index in [1.807, 2.05) is 0 Å². The van der Waals surface area contributed by atoms with Gasteiger partial charge in [0.15, 0.2) is 0 Å². The highest BCUT2D eigenvalue weighted by atomic mass is 16.1. The molecule has 0 fully saturated rings. The number of hydrogen-bond acceptors (Lipinski definition) is 4. The summed E-state index contributed by atoms with van der Waals surface area (Å²) in [7, 11) is 0. The SMILES string of the molecule is CC(CC(N)=O)Nc1ncccc1C(N)=O. The molecule has 1 atom stereocenters. The largest absolute Gasteiger partial charge is 0.370 e. The Balaban J connectivity index is 2.80. The molecule has 2 amide bonds. The van der Waals surface area contributed by atoms with Crippen molar-refractivity contribution in [3.63, 3.8) is 0 Å². The second kappa shape index (κ2) is 5.11. The average molecular weight is 222 g/mol. The molecule has 6 heteroatoms. The topological polar surface area (TPSA) is 111 Å². The summed E-state index contributed by atoms with van der Waals surface area (Å²) in [6.07, 6.45) is 1.69. The normalized spacial score (nSPS) is 11.8. The predicted molar refractivity (Wildman–Crippen MR) is 59.7 cm³/mol. The Morgan fingerprint density at radius 1 is 1.50 bits per heavy atom. The van der Waals surface area contributed by atoms with Crippen molar-refractivity contribution < 1.29 is 9.59 Å². The molecule has 0 aliphatic heterocycles. The van der Waals surface area contributed by atoms with Crippen LogP contribution in [-0.2, 0) is 4.79 Å². The van der Waals surface area contributed by atoms with E-state index in [1.165, 1.54) is 6.20 Å². The third-order valence-corrected chi connectivity index (χ3v) is 1.96. The van der Waals surface area contributed by atoms with Gasteiger partial charge in [-0.25, -0.2) is 4.98 Å². The molecule has 1 aromatic heterocycles. The number of nitrogens with zero attached hydrogens (tertiary/aromatic N) is 1. The van der Waals surface area contributed by atoms with E-state index in [4.69, 9.17) is 11.5 Å². The van der Waals surface area contributed by atoms with Gasteiger partial charge in [0.05, 0.1) is 5.56 Å². The van der Waals surface area contributed by atoms with Crippen LogP contribution < -0.4 is 16.8 Å². The molecule has 0 aliphatic rings. The van der Waals surface area contributed by atoms with Crippen LogP contribution in [0, 0.1) is 0 Å². The van der Waals surface area contributed by atoms with Crippen molar-refractivity contribution in [1.29, 1.82) is 0 Å². The molecule has 5 N–H and O–H groups in total. The number of anilines is 1. The molecule has 0 radical (unpaired) electrons. The van der Waals surface area contributed by atoms with Crippen LogP contribution in [-0.4, -0.2) is 22.8 Å². The summed E-state index contributed by atoms with van der Waals surface area (Å²) in [5.41, 5.74) is 10.5. The Hall–Kier alpha value is -2.11. The lowest BCUT2D eigenvalue weighted by Gasteiger charge is -2.14. The number of rotatable bonds is 5. The van der Waals surface area contributed by atoms with Crippen LogP contribution in [0.4, 0.5) is 5.82 Å². The molecule has 0 aliphatic carbocycles. The van der Waals surface area contributed by atoms with Gasteiger partial charge in [-0.1, -0.05) is 0 Å². The molecule has 0 saturated carbocycles. The number of aromatic nitrogens is 1. The van der Waals surface area contributed by atoms with Gasteiger partial charge in [-0.15, -0.1) is 0 Å².